The van der Waals surface area contributed by atoms with E-state index in [0.717, 1.165) is 14.3 Å². The van der Waals surface area contributed by atoms with Crippen molar-refractivity contribution in [2.45, 2.75) is 18.8 Å². The Morgan fingerprint density at radius 2 is 1.69 bits per heavy atom. The summed E-state index contributed by atoms with van der Waals surface area (Å²) in [5.74, 6) is -0.418. The van der Waals surface area contributed by atoms with E-state index in [0.29, 0.717) is 25.1 Å². The lowest BCUT2D eigenvalue weighted by Gasteiger charge is -2.36. The Labute approximate surface area is 161 Å². The molecular formula is C19H19BrN2O3S. The van der Waals surface area contributed by atoms with Gasteiger partial charge in [0.2, 0.25) is 5.91 Å². The molecule has 0 bridgehead atoms. The summed E-state index contributed by atoms with van der Waals surface area (Å²) in [4.78, 5) is 12.9. The van der Waals surface area contributed by atoms with Gasteiger partial charge in [-0.15, -0.1) is 0 Å². The molecule has 1 saturated carbocycles. The van der Waals surface area contributed by atoms with E-state index in [1.54, 1.807) is 24.3 Å². The van der Waals surface area contributed by atoms with Crippen molar-refractivity contribution in [2.75, 3.05) is 17.4 Å². The smallest absolute Gasteiger partial charge is 0.273 e. The first-order valence-electron chi connectivity index (χ1n) is 8.63. The fourth-order valence-electron chi connectivity index (χ4n) is 3.52. The summed E-state index contributed by atoms with van der Waals surface area (Å²) in [6.07, 6.45) is 1.34. The molecule has 0 unspecified atom stereocenters. The number of nitrogens with zero attached hydrogens (tertiary/aromatic N) is 2. The Bertz CT molecular complexity index is 916. The Morgan fingerprint density at radius 3 is 2.38 bits per heavy atom. The van der Waals surface area contributed by atoms with Crippen LogP contribution >= 0.6 is 15.9 Å². The Balaban J connectivity index is 1.54. The van der Waals surface area contributed by atoms with Crippen LogP contribution in [0, 0.1) is 5.92 Å². The zero-order valence-electron chi connectivity index (χ0n) is 14.1. The molecule has 4 rings (SSSR count). The maximum absolute atomic E-state index is 13.0. The molecule has 1 heterocycles. The lowest BCUT2D eigenvalue weighted by molar-refractivity contribution is -0.128. The number of amides is 1. The van der Waals surface area contributed by atoms with E-state index in [4.69, 9.17) is 0 Å². The molecule has 26 heavy (non-hydrogen) atoms. The largest absolute Gasteiger partial charge is 0.328 e. The molecule has 1 amide bonds. The van der Waals surface area contributed by atoms with Gasteiger partial charge in [0.1, 0.15) is 0 Å². The summed E-state index contributed by atoms with van der Waals surface area (Å²) in [5.41, 5.74) is 1.69. The van der Waals surface area contributed by atoms with Crippen LogP contribution in [0.3, 0.4) is 0 Å². The maximum atomic E-state index is 13.0. The van der Waals surface area contributed by atoms with Gasteiger partial charge in [0.25, 0.3) is 0 Å². The van der Waals surface area contributed by atoms with Gasteiger partial charge in [0.05, 0.1) is 5.69 Å². The average molecular weight is 435 g/mol. The molecule has 1 aliphatic carbocycles. The number of halogens is 1. The van der Waals surface area contributed by atoms with Gasteiger partial charge in [-0.05, 0) is 48.6 Å². The minimum absolute atomic E-state index is 0.109. The fourth-order valence-corrected chi connectivity index (χ4v) is 5.49. The first-order valence-corrected chi connectivity index (χ1v) is 10.8. The monoisotopic (exact) mass is 434 g/mol. The van der Waals surface area contributed by atoms with E-state index >= 15 is 0 Å². The maximum Gasteiger partial charge on any atom is 0.328 e. The second-order valence-corrected chi connectivity index (χ2v) is 9.37. The Kier molecular flexibility index (Phi) is 4.52. The van der Waals surface area contributed by atoms with Crippen LogP contribution < -0.4 is 4.31 Å². The highest BCUT2D eigenvalue weighted by Gasteiger charge is 2.49. The van der Waals surface area contributed by atoms with Crippen molar-refractivity contribution >= 4 is 37.7 Å². The predicted octanol–water partition coefficient (Wildman–Crippen LogP) is 3.54. The molecule has 2 aliphatic rings. The summed E-state index contributed by atoms with van der Waals surface area (Å²) in [6.45, 7) is 0.658. The fraction of sp³-hybridized carbons (Fsp3) is 0.316. The van der Waals surface area contributed by atoms with E-state index in [1.165, 1.54) is 4.31 Å². The van der Waals surface area contributed by atoms with Crippen LogP contribution in [-0.2, 0) is 15.0 Å². The Morgan fingerprint density at radius 1 is 1.00 bits per heavy atom. The summed E-state index contributed by atoms with van der Waals surface area (Å²) < 4.78 is 29.4. The lowest BCUT2D eigenvalue weighted by Crippen LogP contribution is -2.52. The van der Waals surface area contributed by atoms with Gasteiger partial charge >= 0.3 is 10.2 Å². The highest BCUT2D eigenvalue weighted by molar-refractivity contribution is 9.10. The Hall–Kier alpha value is -1.86. The molecular weight excluding hydrogens is 416 g/mol. The van der Waals surface area contributed by atoms with E-state index in [1.807, 2.05) is 30.3 Å². The third kappa shape index (κ3) is 3.14. The topological polar surface area (TPSA) is 57.7 Å². The van der Waals surface area contributed by atoms with Crippen molar-refractivity contribution in [3.8, 4) is 0 Å². The van der Waals surface area contributed by atoms with Crippen molar-refractivity contribution in [2.24, 2.45) is 5.92 Å². The first-order chi connectivity index (χ1) is 12.5. The number of hydrogen-bond acceptors (Lipinski definition) is 3. The van der Waals surface area contributed by atoms with Gasteiger partial charge in [-0.1, -0.05) is 46.3 Å². The molecule has 2 aromatic rings. The highest BCUT2D eigenvalue weighted by atomic mass is 79.9. The molecule has 136 valence electrons. The SMILES string of the molecule is O=C([C@@H]1C[C@H]1c1ccc(Br)cc1)N1CCCN(c2ccccc2)S1(=O)=O. The van der Waals surface area contributed by atoms with E-state index in [-0.39, 0.29) is 24.3 Å². The molecule has 0 N–H and O–H groups in total. The first kappa shape index (κ1) is 17.5. The molecule has 0 spiro atoms. The average Bonchev–Trinajstić information content (AvgIpc) is 3.43. The van der Waals surface area contributed by atoms with Crippen LogP contribution in [0.4, 0.5) is 5.69 Å². The number of hydrogen-bond donors (Lipinski definition) is 0. The van der Waals surface area contributed by atoms with Crippen LogP contribution in [0.25, 0.3) is 0 Å². The van der Waals surface area contributed by atoms with E-state index < -0.39 is 10.2 Å². The highest BCUT2D eigenvalue weighted by Crippen LogP contribution is 2.49. The van der Waals surface area contributed by atoms with E-state index in [9.17, 15) is 13.2 Å². The van der Waals surface area contributed by atoms with Crippen LogP contribution in [-0.4, -0.2) is 31.7 Å². The molecule has 2 aromatic carbocycles. The van der Waals surface area contributed by atoms with Gasteiger partial charge in [0, 0.05) is 23.5 Å². The number of carbonyl (C=O) groups excluding carboxylic acids is 1. The van der Waals surface area contributed by atoms with E-state index in [2.05, 4.69) is 15.9 Å². The van der Waals surface area contributed by atoms with Crippen molar-refractivity contribution < 1.29 is 13.2 Å². The molecule has 5 nitrogen and oxygen atoms in total. The number of anilines is 1. The number of para-hydroxylation sites is 1. The third-order valence-electron chi connectivity index (χ3n) is 4.98. The third-order valence-corrected chi connectivity index (χ3v) is 7.37. The zero-order valence-corrected chi connectivity index (χ0v) is 16.5. The molecule has 7 heteroatoms. The molecule has 0 radical (unpaired) electrons. The standard InChI is InChI=1S/C19H19BrN2O3S/c20-15-9-7-14(8-10-15)17-13-18(17)19(23)22-12-4-11-21(26(22,24)25)16-5-2-1-3-6-16/h1-3,5-10,17-18H,4,11-13H2/t17-,18+/m0/s1. The van der Waals surface area contributed by atoms with Gasteiger partial charge in [-0.25, -0.2) is 4.31 Å². The van der Waals surface area contributed by atoms with Crippen LogP contribution in [0.1, 0.15) is 24.3 Å². The van der Waals surface area contributed by atoms with Gasteiger partial charge in [-0.3, -0.25) is 9.10 Å². The molecule has 1 saturated heterocycles. The van der Waals surface area contributed by atoms with Crippen LogP contribution in [0.2, 0.25) is 0 Å². The summed E-state index contributed by atoms with van der Waals surface area (Å²) >= 11 is 3.41. The van der Waals surface area contributed by atoms with Gasteiger partial charge in [-0.2, -0.15) is 8.42 Å². The number of rotatable bonds is 3. The minimum atomic E-state index is -3.82. The van der Waals surface area contributed by atoms with Gasteiger partial charge < -0.3 is 0 Å². The number of benzene rings is 2. The van der Waals surface area contributed by atoms with Crippen molar-refractivity contribution in [1.82, 2.24) is 4.31 Å². The second kappa shape index (κ2) is 6.70. The lowest BCUT2D eigenvalue weighted by atomic mass is 10.1. The molecule has 0 aromatic heterocycles. The minimum Gasteiger partial charge on any atom is -0.273 e. The quantitative estimate of drug-likeness (QED) is 0.741. The van der Waals surface area contributed by atoms with Crippen LogP contribution in [0.15, 0.2) is 59.1 Å². The normalized spacial score (nSPS) is 24.3. The molecule has 2 fully saturated rings. The summed E-state index contributed by atoms with van der Waals surface area (Å²) in [5, 5.41) is 0. The van der Waals surface area contributed by atoms with Crippen LogP contribution in [0.5, 0.6) is 0 Å². The predicted molar refractivity (Wildman–Crippen MR) is 104 cm³/mol. The van der Waals surface area contributed by atoms with Crippen molar-refractivity contribution in [1.29, 1.82) is 0 Å². The number of carbonyl (C=O) groups is 1. The van der Waals surface area contributed by atoms with Crippen molar-refractivity contribution in [3.05, 3.63) is 64.6 Å². The second-order valence-electron chi connectivity index (χ2n) is 6.68. The molecule has 1 aliphatic heterocycles. The van der Waals surface area contributed by atoms with Gasteiger partial charge in [0.15, 0.2) is 0 Å². The zero-order chi connectivity index (χ0) is 18.3. The summed E-state index contributed by atoms with van der Waals surface area (Å²) in [7, 11) is -3.82. The molecule has 2 atom stereocenters. The van der Waals surface area contributed by atoms with Crippen molar-refractivity contribution in [3.63, 3.8) is 0 Å². The summed E-state index contributed by atoms with van der Waals surface area (Å²) in [6, 6.07) is 16.8.